The number of hydrogen-bond donors (Lipinski definition) is 1. The summed E-state index contributed by atoms with van der Waals surface area (Å²) >= 11 is 1.87. The molecule has 3 heteroatoms. The SMILES string of the molecule is OCc1ccc(SCC2CCC3(CCCC3)O2)cc1. The molecule has 3 rings (SSSR count). The summed E-state index contributed by atoms with van der Waals surface area (Å²) < 4.78 is 6.32. The number of ether oxygens (including phenoxy) is 1. The first-order valence-corrected chi connectivity index (χ1v) is 8.29. The summed E-state index contributed by atoms with van der Waals surface area (Å²) in [6, 6.07) is 8.18. The second kappa shape index (κ2) is 5.86. The van der Waals surface area contributed by atoms with Gasteiger partial charge in [-0.15, -0.1) is 11.8 Å². The molecule has 0 radical (unpaired) electrons. The molecule has 1 N–H and O–H groups in total. The van der Waals surface area contributed by atoms with Gasteiger partial charge in [-0.25, -0.2) is 0 Å². The Bertz CT molecular complexity index is 409. The lowest BCUT2D eigenvalue weighted by Gasteiger charge is -2.23. The molecule has 2 aliphatic rings. The van der Waals surface area contributed by atoms with Crippen molar-refractivity contribution in [3.05, 3.63) is 29.8 Å². The molecule has 2 nitrogen and oxygen atoms in total. The third kappa shape index (κ3) is 3.15. The van der Waals surface area contributed by atoms with Crippen LogP contribution >= 0.6 is 11.8 Å². The summed E-state index contributed by atoms with van der Waals surface area (Å²) in [7, 11) is 0. The minimum Gasteiger partial charge on any atom is -0.392 e. The summed E-state index contributed by atoms with van der Waals surface area (Å²) in [4.78, 5) is 1.27. The van der Waals surface area contributed by atoms with E-state index in [-0.39, 0.29) is 12.2 Å². The van der Waals surface area contributed by atoms with Crippen LogP contribution in [0.3, 0.4) is 0 Å². The van der Waals surface area contributed by atoms with E-state index >= 15 is 0 Å². The molecule has 1 aromatic rings. The van der Waals surface area contributed by atoms with Crippen molar-refractivity contribution < 1.29 is 9.84 Å². The molecule has 1 saturated heterocycles. The lowest BCUT2D eigenvalue weighted by molar-refractivity contribution is -0.0267. The third-order valence-corrected chi connectivity index (χ3v) is 5.54. The molecule has 1 unspecified atom stereocenters. The van der Waals surface area contributed by atoms with E-state index in [1.54, 1.807) is 0 Å². The lowest BCUT2D eigenvalue weighted by atomic mass is 9.98. The van der Waals surface area contributed by atoms with Crippen LogP contribution in [0.15, 0.2) is 29.2 Å². The van der Waals surface area contributed by atoms with Gasteiger partial charge >= 0.3 is 0 Å². The van der Waals surface area contributed by atoms with E-state index in [1.165, 1.54) is 43.4 Å². The van der Waals surface area contributed by atoms with Crippen molar-refractivity contribution in [2.75, 3.05) is 5.75 Å². The highest BCUT2D eigenvalue weighted by Gasteiger charge is 2.41. The van der Waals surface area contributed by atoms with Crippen LogP contribution in [-0.2, 0) is 11.3 Å². The fraction of sp³-hybridized carbons (Fsp3) is 0.625. The summed E-state index contributed by atoms with van der Waals surface area (Å²) in [5.41, 5.74) is 1.23. The predicted octanol–water partition coefficient (Wildman–Crippen LogP) is 3.76. The maximum atomic E-state index is 9.02. The Balaban J connectivity index is 1.49. The molecule has 1 heterocycles. The summed E-state index contributed by atoms with van der Waals surface area (Å²) in [6.45, 7) is 0.124. The number of thioether (sulfide) groups is 1. The highest BCUT2D eigenvalue weighted by atomic mass is 32.2. The molecule has 0 amide bonds. The van der Waals surface area contributed by atoms with Crippen molar-refractivity contribution in [1.82, 2.24) is 0 Å². The smallest absolute Gasteiger partial charge is 0.0687 e. The van der Waals surface area contributed by atoms with E-state index < -0.39 is 0 Å². The van der Waals surface area contributed by atoms with Crippen molar-refractivity contribution >= 4 is 11.8 Å². The molecular weight excluding hydrogens is 256 g/mol. The minimum atomic E-state index is 0.124. The molecule has 1 aromatic carbocycles. The van der Waals surface area contributed by atoms with Crippen LogP contribution in [0.25, 0.3) is 0 Å². The van der Waals surface area contributed by atoms with Crippen LogP contribution in [0.2, 0.25) is 0 Å². The van der Waals surface area contributed by atoms with E-state index in [9.17, 15) is 0 Å². The van der Waals surface area contributed by atoms with E-state index in [4.69, 9.17) is 9.84 Å². The van der Waals surface area contributed by atoms with Gasteiger partial charge in [-0.05, 0) is 43.4 Å². The highest BCUT2D eigenvalue weighted by Crippen LogP contribution is 2.44. The van der Waals surface area contributed by atoms with Gasteiger partial charge in [0.05, 0.1) is 18.3 Å². The summed E-state index contributed by atoms with van der Waals surface area (Å²) in [5, 5.41) is 9.02. The normalized spacial score (nSPS) is 25.2. The van der Waals surface area contributed by atoms with Crippen LogP contribution in [0.1, 0.15) is 44.1 Å². The van der Waals surface area contributed by atoms with Crippen molar-refractivity contribution in [3.63, 3.8) is 0 Å². The Morgan fingerprint density at radius 3 is 2.58 bits per heavy atom. The molecule has 0 bridgehead atoms. The van der Waals surface area contributed by atoms with Crippen molar-refractivity contribution in [2.45, 2.75) is 61.7 Å². The van der Waals surface area contributed by atoms with E-state index in [0.29, 0.717) is 6.10 Å². The highest BCUT2D eigenvalue weighted by molar-refractivity contribution is 7.99. The Morgan fingerprint density at radius 2 is 1.89 bits per heavy atom. The Labute approximate surface area is 119 Å². The second-order valence-corrected chi connectivity index (χ2v) is 6.88. The average Bonchev–Trinajstić information content (AvgIpc) is 3.08. The maximum Gasteiger partial charge on any atom is 0.0687 e. The molecular formula is C16H22O2S. The number of aliphatic hydroxyl groups excluding tert-OH is 1. The third-order valence-electron chi connectivity index (χ3n) is 4.40. The molecule has 1 aliphatic carbocycles. The zero-order valence-corrected chi connectivity index (χ0v) is 12.1. The van der Waals surface area contributed by atoms with Gasteiger partial charge in [-0.1, -0.05) is 25.0 Å². The number of benzene rings is 1. The van der Waals surface area contributed by atoms with Gasteiger partial charge in [0.2, 0.25) is 0 Å². The van der Waals surface area contributed by atoms with E-state index in [0.717, 1.165) is 11.3 Å². The maximum absolute atomic E-state index is 9.02. The van der Waals surface area contributed by atoms with Crippen molar-refractivity contribution in [3.8, 4) is 0 Å². The van der Waals surface area contributed by atoms with Gasteiger partial charge in [0.25, 0.3) is 0 Å². The topological polar surface area (TPSA) is 29.5 Å². The molecule has 2 fully saturated rings. The van der Waals surface area contributed by atoms with Crippen molar-refractivity contribution in [2.24, 2.45) is 0 Å². The van der Waals surface area contributed by atoms with Crippen LogP contribution in [0.4, 0.5) is 0 Å². The van der Waals surface area contributed by atoms with Crippen LogP contribution in [-0.4, -0.2) is 22.6 Å². The Morgan fingerprint density at radius 1 is 1.16 bits per heavy atom. The molecule has 1 atom stereocenters. The summed E-state index contributed by atoms with van der Waals surface area (Å²) in [6.07, 6.45) is 8.17. The first kappa shape index (κ1) is 13.5. The fourth-order valence-corrected chi connectivity index (χ4v) is 4.22. The zero-order valence-electron chi connectivity index (χ0n) is 11.3. The quantitative estimate of drug-likeness (QED) is 0.850. The van der Waals surface area contributed by atoms with Gasteiger partial charge in [0.1, 0.15) is 0 Å². The molecule has 1 aliphatic heterocycles. The number of aliphatic hydroxyl groups is 1. The van der Waals surface area contributed by atoms with Crippen LogP contribution in [0.5, 0.6) is 0 Å². The predicted molar refractivity (Wildman–Crippen MR) is 78.4 cm³/mol. The first-order chi connectivity index (χ1) is 9.30. The molecule has 104 valence electrons. The molecule has 19 heavy (non-hydrogen) atoms. The van der Waals surface area contributed by atoms with Crippen LogP contribution < -0.4 is 0 Å². The average molecular weight is 278 g/mol. The van der Waals surface area contributed by atoms with Gasteiger partial charge in [-0.3, -0.25) is 0 Å². The molecule has 1 saturated carbocycles. The molecule has 1 spiro atoms. The lowest BCUT2D eigenvalue weighted by Crippen LogP contribution is -2.25. The fourth-order valence-electron chi connectivity index (χ4n) is 3.28. The second-order valence-electron chi connectivity index (χ2n) is 5.78. The Kier molecular flexibility index (Phi) is 4.15. The monoisotopic (exact) mass is 278 g/mol. The van der Waals surface area contributed by atoms with Crippen LogP contribution in [0, 0.1) is 0 Å². The summed E-state index contributed by atoms with van der Waals surface area (Å²) in [5.74, 6) is 1.06. The number of hydrogen-bond acceptors (Lipinski definition) is 3. The van der Waals surface area contributed by atoms with Crippen molar-refractivity contribution in [1.29, 1.82) is 0 Å². The van der Waals surface area contributed by atoms with Gasteiger partial charge in [0.15, 0.2) is 0 Å². The van der Waals surface area contributed by atoms with E-state index in [2.05, 4.69) is 12.1 Å². The Hall–Kier alpha value is -0.510. The van der Waals surface area contributed by atoms with E-state index in [1.807, 2.05) is 23.9 Å². The first-order valence-electron chi connectivity index (χ1n) is 7.30. The van der Waals surface area contributed by atoms with Gasteiger partial charge in [0, 0.05) is 10.6 Å². The minimum absolute atomic E-state index is 0.124. The standard InChI is InChI=1S/C16H22O2S/c17-11-13-3-5-15(6-4-13)19-12-14-7-10-16(18-14)8-1-2-9-16/h3-6,14,17H,1-2,7-12H2. The molecule has 0 aromatic heterocycles. The van der Waals surface area contributed by atoms with Gasteiger partial charge in [-0.2, -0.15) is 0 Å². The zero-order chi connectivity index (χ0) is 13.1. The number of rotatable bonds is 4. The largest absolute Gasteiger partial charge is 0.392 e. The van der Waals surface area contributed by atoms with Gasteiger partial charge < -0.3 is 9.84 Å².